The summed E-state index contributed by atoms with van der Waals surface area (Å²) in [5, 5.41) is 6.47. The van der Waals surface area contributed by atoms with Gasteiger partial charge < -0.3 is 20.1 Å². The maximum Gasteiger partial charge on any atom is 0.191 e. The SMILES string of the molecule is CCNC(=NCC(C)c1ccccc1OC)NCCOC.I. The van der Waals surface area contributed by atoms with Crippen molar-refractivity contribution in [1.82, 2.24) is 10.6 Å². The van der Waals surface area contributed by atoms with Crippen LogP contribution in [0.15, 0.2) is 29.3 Å². The fourth-order valence-electron chi connectivity index (χ4n) is 2.01. The lowest BCUT2D eigenvalue weighted by atomic mass is 10.0. The lowest BCUT2D eigenvalue weighted by molar-refractivity contribution is 0.203. The Kier molecular flexibility index (Phi) is 11.9. The van der Waals surface area contributed by atoms with E-state index in [2.05, 4.69) is 35.5 Å². The summed E-state index contributed by atoms with van der Waals surface area (Å²) in [6.07, 6.45) is 0. The highest BCUT2D eigenvalue weighted by molar-refractivity contribution is 14.0. The molecule has 0 saturated heterocycles. The smallest absolute Gasteiger partial charge is 0.191 e. The number of guanidine groups is 1. The first kappa shape index (κ1) is 21.0. The van der Waals surface area contributed by atoms with Gasteiger partial charge in [0.15, 0.2) is 5.96 Å². The van der Waals surface area contributed by atoms with E-state index < -0.39 is 0 Å². The molecular formula is C16H28IN3O2. The van der Waals surface area contributed by atoms with Crippen LogP contribution in [-0.2, 0) is 4.74 Å². The van der Waals surface area contributed by atoms with Gasteiger partial charge in [-0.3, -0.25) is 4.99 Å². The van der Waals surface area contributed by atoms with Gasteiger partial charge in [-0.25, -0.2) is 0 Å². The Hall–Kier alpha value is -1.02. The number of hydrogen-bond donors (Lipinski definition) is 2. The van der Waals surface area contributed by atoms with Crippen molar-refractivity contribution < 1.29 is 9.47 Å². The minimum absolute atomic E-state index is 0. The minimum Gasteiger partial charge on any atom is -0.496 e. The molecule has 126 valence electrons. The van der Waals surface area contributed by atoms with Gasteiger partial charge >= 0.3 is 0 Å². The molecule has 0 bridgehead atoms. The topological polar surface area (TPSA) is 54.9 Å². The van der Waals surface area contributed by atoms with Gasteiger partial charge in [-0.05, 0) is 18.6 Å². The minimum atomic E-state index is 0. The first-order chi connectivity index (χ1) is 10.2. The molecule has 0 radical (unpaired) electrons. The lowest BCUT2D eigenvalue weighted by Gasteiger charge is -2.15. The van der Waals surface area contributed by atoms with Gasteiger partial charge in [-0.2, -0.15) is 0 Å². The Bertz CT molecular complexity index is 441. The molecule has 2 N–H and O–H groups in total. The summed E-state index contributed by atoms with van der Waals surface area (Å²) in [4.78, 5) is 4.62. The summed E-state index contributed by atoms with van der Waals surface area (Å²) in [6.45, 7) is 7.14. The van der Waals surface area contributed by atoms with E-state index >= 15 is 0 Å². The Morgan fingerprint density at radius 3 is 2.59 bits per heavy atom. The molecule has 22 heavy (non-hydrogen) atoms. The van der Waals surface area contributed by atoms with Crippen LogP contribution in [0.1, 0.15) is 25.3 Å². The van der Waals surface area contributed by atoms with Crippen molar-refractivity contribution in [3.63, 3.8) is 0 Å². The summed E-state index contributed by atoms with van der Waals surface area (Å²) < 4.78 is 10.4. The maximum atomic E-state index is 5.40. The second-order valence-corrected chi connectivity index (χ2v) is 4.78. The normalized spacial score (nSPS) is 12.3. The van der Waals surface area contributed by atoms with Gasteiger partial charge in [-0.1, -0.05) is 25.1 Å². The van der Waals surface area contributed by atoms with Crippen LogP contribution in [0.2, 0.25) is 0 Å². The summed E-state index contributed by atoms with van der Waals surface area (Å²) in [7, 11) is 3.39. The number of nitrogens with zero attached hydrogens (tertiary/aromatic N) is 1. The van der Waals surface area contributed by atoms with Crippen LogP contribution in [0.25, 0.3) is 0 Å². The molecule has 1 aromatic rings. The molecule has 0 aromatic heterocycles. The molecule has 1 unspecified atom stereocenters. The average Bonchev–Trinajstić information content (AvgIpc) is 2.52. The average molecular weight is 421 g/mol. The fraction of sp³-hybridized carbons (Fsp3) is 0.562. The quantitative estimate of drug-likeness (QED) is 0.293. The van der Waals surface area contributed by atoms with Crippen LogP contribution < -0.4 is 15.4 Å². The van der Waals surface area contributed by atoms with Crippen LogP contribution >= 0.6 is 24.0 Å². The molecule has 0 saturated carbocycles. The van der Waals surface area contributed by atoms with Crippen LogP contribution in [0.4, 0.5) is 0 Å². The maximum absolute atomic E-state index is 5.40. The number of hydrogen-bond acceptors (Lipinski definition) is 3. The predicted molar refractivity (Wildman–Crippen MR) is 103 cm³/mol. The first-order valence-electron chi connectivity index (χ1n) is 7.36. The molecular weight excluding hydrogens is 393 g/mol. The van der Waals surface area contributed by atoms with Gasteiger partial charge in [0.05, 0.1) is 13.7 Å². The molecule has 1 rings (SSSR count). The number of nitrogens with one attached hydrogen (secondary N) is 2. The molecule has 0 aliphatic carbocycles. The highest BCUT2D eigenvalue weighted by atomic mass is 127. The zero-order chi connectivity index (χ0) is 15.5. The molecule has 0 fully saturated rings. The Balaban J connectivity index is 0.00000441. The third kappa shape index (κ3) is 7.31. The number of ether oxygens (including phenoxy) is 2. The largest absolute Gasteiger partial charge is 0.496 e. The predicted octanol–water partition coefficient (Wildman–Crippen LogP) is 2.62. The molecule has 6 heteroatoms. The van der Waals surface area contributed by atoms with Crippen LogP contribution in [0.5, 0.6) is 5.75 Å². The molecule has 0 aliphatic heterocycles. The third-order valence-electron chi connectivity index (χ3n) is 3.14. The highest BCUT2D eigenvalue weighted by Gasteiger charge is 2.10. The standard InChI is InChI=1S/C16H27N3O2.HI/c1-5-17-16(18-10-11-20-3)19-12-13(2)14-8-6-7-9-15(14)21-4;/h6-9,13H,5,10-12H2,1-4H3,(H2,17,18,19);1H. The summed E-state index contributed by atoms with van der Waals surface area (Å²) in [6, 6.07) is 8.08. The summed E-state index contributed by atoms with van der Waals surface area (Å²) >= 11 is 0. The molecule has 0 amide bonds. The number of aliphatic imine (C=N–C) groups is 1. The zero-order valence-electron chi connectivity index (χ0n) is 13.9. The fourth-order valence-corrected chi connectivity index (χ4v) is 2.01. The van der Waals surface area contributed by atoms with Crippen molar-refractivity contribution in [3.05, 3.63) is 29.8 Å². The van der Waals surface area contributed by atoms with E-state index in [9.17, 15) is 0 Å². The number of halogens is 1. The molecule has 1 atom stereocenters. The van der Waals surface area contributed by atoms with Gasteiger partial charge in [0.1, 0.15) is 5.75 Å². The van der Waals surface area contributed by atoms with Crippen LogP contribution in [-0.4, -0.2) is 46.4 Å². The molecule has 1 aromatic carbocycles. The molecule has 0 aliphatic rings. The molecule has 5 nitrogen and oxygen atoms in total. The van der Waals surface area contributed by atoms with Crippen molar-refractivity contribution in [1.29, 1.82) is 0 Å². The number of methoxy groups -OCH3 is 2. The van der Waals surface area contributed by atoms with Crippen molar-refractivity contribution in [2.24, 2.45) is 4.99 Å². The number of para-hydroxylation sites is 1. The van der Waals surface area contributed by atoms with Gasteiger partial charge in [-0.15, -0.1) is 24.0 Å². The highest BCUT2D eigenvalue weighted by Crippen LogP contribution is 2.26. The van der Waals surface area contributed by atoms with Crippen molar-refractivity contribution in [3.8, 4) is 5.75 Å². The second-order valence-electron chi connectivity index (χ2n) is 4.78. The first-order valence-corrected chi connectivity index (χ1v) is 7.36. The zero-order valence-corrected chi connectivity index (χ0v) is 16.2. The lowest BCUT2D eigenvalue weighted by Crippen LogP contribution is -2.39. The Labute approximate surface area is 150 Å². The van der Waals surface area contributed by atoms with E-state index in [1.807, 2.05) is 18.2 Å². The number of rotatable bonds is 8. The van der Waals surface area contributed by atoms with Gasteiger partial charge in [0.25, 0.3) is 0 Å². The van der Waals surface area contributed by atoms with E-state index in [4.69, 9.17) is 9.47 Å². The van der Waals surface area contributed by atoms with E-state index in [-0.39, 0.29) is 24.0 Å². The summed E-state index contributed by atoms with van der Waals surface area (Å²) in [5.41, 5.74) is 1.18. The van der Waals surface area contributed by atoms with E-state index in [0.29, 0.717) is 19.1 Å². The van der Waals surface area contributed by atoms with Crippen LogP contribution in [0, 0.1) is 0 Å². The molecule has 0 heterocycles. The third-order valence-corrected chi connectivity index (χ3v) is 3.14. The Morgan fingerprint density at radius 2 is 1.95 bits per heavy atom. The summed E-state index contributed by atoms with van der Waals surface area (Å²) in [5.74, 6) is 2.02. The monoisotopic (exact) mass is 421 g/mol. The molecule has 0 spiro atoms. The second kappa shape index (κ2) is 12.5. The van der Waals surface area contributed by atoms with Crippen molar-refractivity contribution in [2.45, 2.75) is 19.8 Å². The van der Waals surface area contributed by atoms with Gasteiger partial charge in [0.2, 0.25) is 0 Å². The van der Waals surface area contributed by atoms with Crippen LogP contribution in [0.3, 0.4) is 0 Å². The van der Waals surface area contributed by atoms with Gasteiger partial charge in [0, 0.05) is 32.7 Å². The van der Waals surface area contributed by atoms with E-state index in [1.54, 1.807) is 14.2 Å². The Morgan fingerprint density at radius 1 is 1.23 bits per heavy atom. The number of benzene rings is 1. The van der Waals surface area contributed by atoms with E-state index in [1.165, 1.54) is 5.56 Å². The van der Waals surface area contributed by atoms with E-state index in [0.717, 1.165) is 24.8 Å². The van der Waals surface area contributed by atoms with Crippen molar-refractivity contribution >= 4 is 29.9 Å². The van der Waals surface area contributed by atoms with Crippen molar-refractivity contribution in [2.75, 3.05) is 40.5 Å².